The SMILES string of the molecule is CCOC(=O)c1ccn(-c2ccccc2NC(=O)c2ccc(-n3nc(C)cc3C)nc2)n1. The second kappa shape index (κ2) is 8.84. The molecule has 32 heavy (non-hydrogen) atoms. The van der Waals surface area contributed by atoms with Crippen LogP contribution >= 0.6 is 0 Å². The maximum atomic E-state index is 12.8. The molecule has 3 aromatic heterocycles. The molecule has 0 bridgehead atoms. The minimum Gasteiger partial charge on any atom is -0.461 e. The Morgan fingerprint density at radius 2 is 1.88 bits per heavy atom. The van der Waals surface area contributed by atoms with Crippen molar-refractivity contribution in [2.75, 3.05) is 11.9 Å². The molecule has 3 heterocycles. The number of carbonyl (C=O) groups excluding carboxylic acids is 2. The van der Waals surface area contributed by atoms with E-state index >= 15 is 0 Å². The summed E-state index contributed by atoms with van der Waals surface area (Å²) in [6, 6.07) is 14.2. The average Bonchev–Trinajstić information content (AvgIpc) is 3.41. The maximum absolute atomic E-state index is 12.8. The van der Waals surface area contributed by atoms with Crippen LogP contribution in [0, 0.1) is 13.8 Å². The number of anilines is 1. The summed E-state index contributed by atoms with van der Waals surface area (Å²) in [6.07, 6.45) is 3.15. The van der Waals surface area contributed by atoms with E-state index in [9.17, 15) is 9.59 Å². The number of pyridine rings is 1. The second-order valence-corrected chi connectivity index (χ2v) is 7.08. The van der Waals surface area contributed by atoms with E-state index in [4.69, 9.17) is 4.74 Å². The number of esters is 1. The Hall–Kier alpha value is -4.27. The molecular formula is C23H22N6O3. The minimum absolute atomic E-state index is 0.192. The second-order valence-electron chi connectivity index (χ2n) is 7.08. The van der Waals surface area contributed by atoms with Crippen LogP contribution in [-0.2, 0) is 4.74 Å². The van der Waals surface area contributed by atoms with Gasteiger partial charge in [-0.1, -0.05) is 12.1 Å². The number of hydrogen-bond donors (Lipinski definition) is 1. The van der Waals surface area contributed by atoms with Gasteiger partial charge in [-0.25, -0.2) is 19.1 Å². The Bertz CT molecular complexity index is 1270. The zero-order chi connectivity index (χ0) is 22.7. The number of ether oxygens (including phenoxy) is 1. The Morgan fingerprint density at radius 3 is 2.56 bits per heavy atom. The highest BCUT2D eigenvalue weighted by molar-refractivity contribution is 6.05. The topological polar surface area (TPSA) is 104 Å². The number of para-hydroxylation sites is 2. The van der Waals surface area contributed by atoms with Crippen molar-refractivity contribution in [3.8, 4) is 11.5 Å². The zero-order valence-corrected chi connectivity index (χ0v) is 17.9. The summed E-state index contributed by atoms with van der Waals surface area (Å²) in [5, 5.41) is 11.6. The molecule has 0 unspecified atom stereocenters. The summed E-state index contributed by atoms with van der Waals surface area (Å²) in [6.45, 7) is 5.86. The highest BCUT2D eigenvalue weighted by Crippen LogP contribution is 2.21. The van der Waals surface area contributed by atoms with Crippen LogP contribution in [0.4, 0.5) is 5.69 Å². The normalized spacial score (nSPS) is 10.7. The molecular weight excluding hydrogens is 408 g/mol. The molecule has 0 aliphatic carbocycles. The number of aromatic nitrogens is 5. The molecule has 1 N–H and O–H groups in total. The van der Waals surface area contributed by atoms with Gasteiger partial charge >= 0.3 is 5.97 Å². The van der Waals surface area contributed by atoms with Crippen molar-refractivity contribution in [1.29, 1.82) is 0 Å². The molecule has 1 aromatic carbocycles. The first-order valence-electron chi connectivity index (χ1n) is 10.1. The molecule has 4 rings (SSSR count). The first kappa shape index (κ1) is 21.0. The summed E-state index contributed by atoms with van der Waals surface area (Å²) < 4.78 is 8.23. The van der Waals surface area contributed by atoms with Crippen LogP contribution in [0.3, 0.4) is 0 Å². The third-order valence-electron chi connectivity index (χ3n) is 4.71. The van der Waals surface area contributed by atoms with Crippen LogP contribution < -0.4 is 5.32 Å². The van der Waals surface area contributed by atoms with Gasteiger partial charge in [0.15, 0.2) is 11.5 Å². The van der Waals surface area contributed by atoms with Crippen molar-refractivity contribution in [2.24, 2.45) is 0 Å². The standard InChI is InChI=1S/C23H22N6O3/c1-4-32-23(31)19-11-12-28(27-19)20-8-6-5-7-18(20)25-22(30)17-9-10-21(24-14-17)29-16(3)13-15(2)26-29/h5-14H,4H2,1-3H3,(H,25,30). The van der Waals surface area contributed by atoms with Gasteiger partial charge in [0.05, 0.1) is 29.2 Å². The van der Waals surface area contributed by atoms with E-state index in [0.717, 1.165) is 11.4 Å². The lowest BCUT2D eigenvalue weighted by molar-refractivity contribution is 0.0518. The lowest BCUT2D eigenvalue weighted by atomic mass is 10.2. The van der Waals surface area contributed by atoms with Crippen molar-refractivity contribution >= 4 is 17.6 Å². The van der Waals surface area contributed by atoms with Crippen LogP contribution in [0.2, 0.25) is 0 Å². The molecule has 0 saturated heterocycles. The predicted molar refractivity (Wildman–Crippen MR) is 118 cm³/mol. The fourth-order valence-corrected chi connectivity index (χ4v) is 3.25. The molecule has 0 saturated carbocycles. The number of aryl methyl sites for hydroxylation is 2. The number of hydrogen-bond acceptors (Lipinski definition) is 6. The molecule has 162 valence electrons. The third-order valence-corrected chi connectivity index (χ3v) is 4.71. The van der Waals surface area contributed by atoms with Crippen molar-refractivity contribution in [1.82, 2.24) is 24.5 Å². The molecule has 1 amide bonds. The summed E-state index contributed by atoms with van der Waals surface area (Å²) >= 11 is 0. The molecule has 0 aliphatic heterocycles. The van der Waals surface area contributed by atoms with Crippen LogP contribution in [-0.4, -0.2) is 43.0 Å². The summed E-state index contributed by atoms with van der Waals surface area (Å²) in [7, 11) is 0. The van der Waals surface area contributed by atoms with Gasteiger partial charge in [0.1, 0.15) is 0 Å². The van der Waals surface area contributed by atoms with E-state index < -0.39 is 5.97 Å². The number of carbonyl (C=O) groups is 2. The van der Waals surface area contributed by atoms with E-state index in [1.54, 1.807) is 54.2 Å². The van der Waals surface area contributed by atoms with Gasteiger partial charge in [-0.3, -0.25) is 4.79 Å². The highest BCUT2D eigenvalue weighted by atomic mass is 16.5. The van der Waals surface area contributed by atoms with E-state index in [2.05, 4.69) is 20.5 Å². The molecule has 0 atom stereocenters. The summed E-state index contributed by atoms with van der Waals surface area (Å²) in [5.74, 6) is -0.181. The zero-order valence-electron chi connectivity index (χ0n) is 17.9. The maximum Gasteiger partial charge on any atom is 0.358 e. The lowest BCUT2D eigenvalue weighted by Crippen LogP contribution is -2.15. The van der Waals surface area contributed by atoms with E-state index in [1.807, 2.05) is 26.0 Å². The molecule has 0 spiro atoms. The first-order chi connectivity index (χ1) is 15.5. The van der Waals surface area contributed by atoms with Crippen molar-refractivity contribution in [2.45, 2.75) is 20.8 Å². The fourth-order valence-electron chi connectivity index (χ4n) is 3.25. The number of rotatable bonds is 6. The average molecular weight is 430 g/mol. The van der Waals surface area contributed by atoms with Crippen LogP contribution in [0.15, 0.2) is 60.9 Å². The lowest BCUT2D eigenvalue weighted by Gasteiger charge is -2.11. The van der Waals surface area contributed by atoms with Crippen molar-refractivity contribution in [3.05, 3.63) is 83.6 Å². The Kier molecular flexibility index (Phi) is 5.80. The third kappa shape index (κ3) is 4.27. The summed E-state index contributed by atoms with van der Waals surface area (Å²) in [4.78, 5) is 29.1. The van der Waals surface area contributed by atoms with Crippen molar-refractivity contribution < 1.29 is 14.3 Å². The summed E-state index contributed by atoms with van der Waals surface area (Å²) in [5.41, 5.74) is 3.60. The van der Waals surface area contributed by atoms with Gasteiger partial charge in [-0.2, -0.15) is 10.2 Å². The number of nitrogens with zero attached hydrogens (tertiary/aromatic N) is 5. The van der Waals surface area contributed by atoms with Gasteiger partial charge in [0, 0.05) is 18.1 Å². The molecule has 0 fully saturated rings. The Labute approximate surface area is 184 Å². The Morgan fingerprint density at radius 1 is 1.06 bits per heavy atom. The van der Waals surface area contributed by atoms with E-state index in [1.165, 1.54) is 10.9 Å². The highest BCUT2D eigenvalue weighted by Gasteiger charge is 2.15. The van der Waals surface area contributed by atoms with Crippen LogP contribution in [0.1, 0.15) is 39.2 Å². The first-order valence-corrected chi connectivity index (χ1v) is 10.1. The largest absolute Gasteiger partial charge is 0.461 e. The van der Waals surface area contributed by atoms with E-state index in [-0.39, 0.29) is 18.2 Å². The molecule has 9 heteroatoms. The minimum atomic E-state index is -0.499. The number of amides is 1. The predicted octanol–water partition coefficient (Wildman–Crippen LogP) is 3.50. The number of benzene rings is 1. The molecule has 0 radical (unpaired) electrons. The van der Waals surface area contributed by atoms with Gasteiger partial charge in [0.2, 0.25) is 0 Å². The van der Waals surface area contributed by atoms with Gasteiger partial charge in [-0.05, 0) is 57.2 Å². The van der Waals surface area contributed by atoms with Crippen molar-refractivity contribution in [3.63, 3.8) is 0 Å². The van der Waals surface area contributed by atoms with Gasteiger partial charge in [-0.15, -0.1) is 0 Å². The monoisotopic (exact) mass is 430 g/mol. The van der Waals surface area contributed by atoms with Crippen LogP contribution in [0.5, 0.6) is 0 Å². The fraction of sp³-hybridized carbons (Fsp3) is 0.174. The van der Waals surface area contributed by atoms with Gasteiger partial charge in [0.25, 0.3) is 5.91 Å². The van der Waals surface area contributed by atoms with Gasteiger partial charge < -0.3 is 10.1 Å². The van der Waals surface area contributed by atoms with E-state index in [0.29, 0.717) is 22.8 Å². The Balaban J connectivity index is 1.54. The molecule has 4 aromatic rings. The molecule has 0 aliphatic rings. The quantitative estimate of drug-likeness (QED) is 0.470. The smallest absolute Gasteiger partial charge is 0.358 e. The number of nitrogens with one attached hydrogen (secondary N) is 1. The molecule has 9 nitrogen and oxygen atoms in total. The van der Waals surface area contributed by atoms with Crippen LogP contribution in [0.25, 0.3) is 11.5 Å².